The molecule has 0 radical (unpaired) electrons. The average Bonchev–Trinajstić information content (AvgIpc) is 3.44. The van der Waals surface area contributed by atoms with Crippen molar-refractivity contribution in [2.24, 2.45) is 23.7 Å². The van der Waals surface area contributed by atoms with E-state index in [-0.39, 0.29) is 47.8 Å². The summed E-state index contributed by atoms with van der Waals surface area (Å²) in [4.78, 5) is 44.7. The molecule has 0 amide bonds. The van der Waals surface area contributed by atoms with Gasteiger partial charge in [-0.2, -0.15) is 0 Å². The molecule has 8 bridgehead atoms. The van der Waals surface area contributed by atoms with Gasteiger partial charge >= 0.3 is 94.3 Å². The molecule has 27 heteroatoms. The van der Waals surface area contributed by atoms with Crippen LogP contribution in [0.1, 0.15) is 130 Å². The fraction of sp³-hybridized carbons (Fsp3) is 0.892. The molecule has 7 heterocycles. The van der Waals surface area contributed by atoms with Crippen LogP contribution in [-0.2, 0) is 82.8 Å². The Morgan fingerprint density at radius 3 is 0.984 bits per heavy atom. The van der Waals surface area contributed by atoms with E-state index in [1.807, 2.05) is 96.9 Å². The third kappa shape index (κ3) is 12.6. The highest BCUT2D eigenvalue weighted by Gasteiger charge is 2.82. The normalized spacial score (nSPS) is 39.6. The molecule has 19 nitrogen and oxygen atoms in total. The number of carbonyl (C=O) groups excluding carboxylic acids is 4. The first-order valence-electron chi connectivity index (χ1n) is 23.3. The van der Waals surface area contributed by atoms with Crippen molar-refractivity contribution in [3.63, 3.8) is 0 Å². The third-order valence-corrected chi connectivity index (χ3v) is 48.7. The number of carbonyl (C=O) groups is 4. The molecular formula is C37H76O19Si8. The van der Waals surface area contributed by atoms with Crippen LogP contribution in [0, 0.1) is 23.7 Å². The van der Waals surface area contributed by atoms with E-state index in [2.05, 4.69) is 4.74 Å². The molecule has 0 N–H and O–H groups in total. The third-order valence-electron chi connectivity index (χ3n) is 11.8. The average molecular weight is 1050 g/mol. The van der Waals surface area contributed by atoms with Gasteiger partial charge in [0.1, 0.15) is 5.60 Å². The van der Waals surface area contributed by atoms with Crippen molar-refractivity contribution in [2.75, 3.05) is 6.61 Å². The molecule has 0 aromatic carbocycles. The lowest BCUT2D eigenvalue weighted by molar-refractivity contribution is -0.159. The second kappa shape index (κ2) is 21.5. The van der Waals surface area contributed by atoms with Crippen molar-refractivity contribution in [1.82, 2.24) is 0 Å². The van der Waals surface area contributed by atoms with Crippen molar-refractivity contribution < 1.29 is 82.8 Å². The second-order valence-corrected chi connectivity index (χ2v) is 44.1. The topological polar surface area (TPSA) is 207 Å². The van der Waals surface area contributed by atoms with E-state index in [1.165, 1.54) is 0 Å². The first-order chi connectivity index (χ1) is 29.8. The van der Waals surface area contributed by atoms with Crippen LogP contribution in [0.5, 0.6) is 0 Å². The van der Waals surface area contributed by atoms with Gasteiger partial charge in [-0.25, -0.2) is 0 Å². The van der Waals surface area contributed by atoms with E-state index in [4.69, 9.17) is 58.9 Å². The Morgan fingerprint density at radius 2 is 0.766 bits per heavy atom. The van der Waals surface area contributed by atoms with E-state index in [0.29, 0.717) is 61.2 Å². The number of rotatable bonds is 15. The molecule has 0 aliphatic carbocycles. The molecule has 7 fully saturated rings. The van der Waals surface area contributed by atoms with E-state index in [9.17, 15) is 19.2 Å². The minimum absolute atomic E-state index is 0.0224. The smallest absolute Gasteiger partial charge is 0.465 e. The van der Waals surface area contributed by atoms with Crippen LogP contribution >= 0.6 is 0 Å². The van der Waals surface area contributed by atoms with Gasteiger partial charge in [0.25, 0.3) is 0 Å². The van der Waals surface area contributed by atoms with Crippen molar-refractivity contribution in [3.8, 4) is 0 Å². The summed E-state index contributed by atoms with van der Waals surface area (Å²) in [6, 6.07) is 3.12. The summed E-state index contributed by atoms with van der Waals surface area (Å²) in [5.74, 6) is -1.79. The molecule has 0 spiro atoms. The van der Waals surface area contributed by atoms with Gasteiger partial charge in [-0.15, -0.1) is 0 Å². The summed E-state index contributed by atoms with van der Waals surface area (Å²) in [7, 11) is -29.6. The highest BCUT2D eigenvalue weighted by molar-refractivity contribution is 7.03. The number of ether oxygens (including phenoxy) is 3. The maximum Gasteiger partial charge on any atom is 0.479 e. The molecule has 7 saturated heterocycles. The van der Waals surface area contributed by atoms with Gasteiger partial charge in [0.15, 0.2) is 0 Å². The van der Waals surface area contributed by atoms with Gasteiger partial charge in [-0.1, -0.05) is 90.0 Å². The molecule has 0 aromatic heterocycles. The summed E-state index contributed by atoms with van der Waals surface area (Å²) in [5.41, 5.74) is -0.347. The van der Waals surface area contributed by atoms with Gasteiger partial charge in [-0.05, 0) is 40.0 Å². The summed E-state index contributed by atoms with van der Waals surface area (Å²) in [5, 5.41) is 0. The Kier molecular flexibility index (Phi) is 18.8. The van der Waals surface area contributed by atoms with Crippen LogP contribution in [0.15, 0.2) is 0 Å². The molecule has 4 unspecified atom stereocenters. The lowest BCUT2D eigenvalue weighted by atomic mass is 10.00. The van der Waals surface area contributed by atoms with Gasteiger partial charge in [0.2, 0.25) is 0 Å². The highest BCUT2D eigenvalue weighted by atomic mass is 28.6. The quantitative estimate of drug-likeness (QED) is 0.0509. The van der Waals surface area contributed by atoms with E-state index in [0.717, 1.165) is 6.42 Å². The van der Waals surface area contributed by atoms with Crippen molar-refractivity contribution in [3.05, 3.63) is 0 Å². The molecule has 370 valence electrons. The van der Waals surface area contributed by atoms with Crippen molar-refractivity contribution in [1.29, 1.82) is 0 Å². The van der Waals surface area contributed by atoms with E-state index >= 15 is 0 Å². The van der Waals surface area contributed by atoms with E-state index < -0.39 is 82.4 Å². The Bertz CT molecular complexity index is 1520. The molecule has 0 saturated carbocycles. The van der Waals surface area contributed by atoms with Crippen LogP contribution in [0.3, 0.4) is 0 Å². The molecule has 7 rings (SSSR count). The molecule has 7 aliphatic heterocycles. The van der Waals surface area contributed by atoms with Crippen LogP contribution in [0.25, 0.3) is 0 Å². The van der Waals surface area contributed by atoms with Crippen LogP contribution < -0.4 is 0 Å². The molecule has 4 atom stereocenters. The zero-order chi connectivity index (χ0) is 48.2. The summed E-state index contributed by atoms with van der Waals surface area (Å²) in [6.07, 6.45) is 1.96. The van der Waals surface area contributed by atoms with Crippen LogP contribution in [0.4, 0.5) is 0 Å². The minimum Gasteiger partial charge on any atom is -0.465 e. The van der Waals surface area contributed by atoms with Gasteiger partial charge in [0.05, 0.1) is 30.3 Å². The SMILES string of the molecule is CC1C(=O)OC(=O)C1C.CCC(C)C(=O)OC(C)(C)C.CCC(C)C(=O)OCCC[Si]12O[Si]3(CC)O[Si]4(CC)O[Si]5(CC)O[Si](CC)(O3)O[Si](CC)(O[Si](CC)(O5)O[Si](CC)(O4)O1)O2. The Balaban J connectivity index is 0.000000369. The zero-order valence-corrected chi connectivity index (χ0v) is 49.1. The predicted molar refractivity (Wildman–Crippen MR) is 247 cm³/mol. The largest absolute Gasteiger partial charge is 0.479 e. The lowest BCUT2D eigenvalue weighted by Gasteiger charge is -2.63. The summed E-state index contributed by atoms with van der Waals surface area (Å²) >= 11 is 0. The van der Waals surface area contributed by atoms with Gasteiger partial charge in [0, 0.05) is 48.4 Å². The first-order valence-corrected chi connectivity index (χ1v) is 38.8. The number of hydrogen-bond donors (Lipinski definition) is 0. The highest BCUT2D eigenvalue weighted by Crippen LogP contribution is 2.53. The number of cyclic esters (lactones) is 2. The molecule has 64 heavy (non-hydrogen) atoms. The molecular weight excluding hydrogens is 973 g/mol. The van der Waals surface area contributed by atoms with E-state index in [1.54, 1.807) is 13.8 Å². The van der Waals surface area contributed by atoms with Crippen LogP contribution in [0.2, 0.25) is 48.4 Å². The lowest BCUT2D eigenvalue weighted by Crippen LogP contribution is -2.88. The fourth-order valence-corrected chi connectivity index (χ4v) is 56.7. The minimum atomic E-state index is -3.85. The predicted octanol–water partition coefficient (Wildman–Crippen LogP) is 7.60. The standard InChI is InChI=1S/C22H50O14Si8.C9H18O2.C6H8O3/c1-10-21(9)22(23)24-19-18-20-44-34-41(15-6)28-38(12-3)25-37(11-2)26-39(13-4,30-41)32-43(17-8,36-44)33-40(14-5,27-37)31-42(16-7,29-38)35-44;1-6-7(2)8(10)11-9(3,4)5;1-3-4(2)6(8)9-5(3)7/h21H,10-20H2,1-9H3;7H,6H2,1-5H3;3-4H,1-2H3. The fourth-order valence-electron chi connectivity index (χ4n) is 7.04. The van der Waals surface area contributed by atoms with Crippen molar-refractivity contribution in [2.45, 2.75) is 184 Å². The monoisotopic (exact) mass is 1050 g/mol. The first kappa shape index (κ1) is 55.9. The Morgan fingerprint density at radius 1 is 0.500 bits per heavy atom. The zero-order valence-electron chi connectivity index (χ0n) is 41.1. The summed E-state index contributed by atoms with van der Waals surface area (Å²) in [6.45, 7) is 30.7. The second-order valence-electron chi connectivity index (χ2n) is 17.9. The maximum absolute atomic E-state index is 12.5. The van der Waals surface area contributed by atoms with Gasteiger partial charge < -0.3 is 63.6 Å². The van der Waals surface area contributed by atoms with Crippen LogP contribution in [-0.4, -0.2) is 107 Å². The van der Waals surface area contributed by atoms with Gasteiger partial charge in [-0.3, -0.25) is 19.2 Å². The Labute approximate surface area is 389 Å². The number of esters is 4. The summed E-state index contributed by atoms with van der Waals surface area (Å²) < 4.78 is 101. The number of hydrogen-bond acceptors (Lipinski definition) is 19. The Hall–Kier alpha value is -0.665. The van der Waals surface area contributed by atoms with Crippen molar-refractivity contribution >= 4 is 94.3 Å². The molecule has 7 aliphatic rings. The maximum atomic E-state index is 12.5. The molecule has 0 aromatic rings.